The number of hydrogen-bond acceptors (Lipinski definition) is 5. The van der Waals surface area contributed by atoms with Crippen LogP contribution in [0.4, 0.5) is 19.0 Å². The second-order valence-electron chi connectivity index (χ2n) is 9.32. The zero-order valence-corrected chi connectivity index (χ0v) is 20.6. The van der Waals surface area contributed by atoms with Gasteiger partial charge in [0.05, 0.1) is 29.4 Å². The third kappa shape index (κ3) is 4.57. The Morgan fingerprint density at radius 3 is 2.57 bits per heavy atom. The maximum atomic E-state index is 13.9. The van der Waals surface area contributed by atoms with E-state index in [-0.39, 0.29) is 19.1 Å². The number of ether oxygens (including phenoxy) is 1. The van der Waals surface area contributed by atoms with Crippen LogP contribution in [0, 0.1) is 20.8 Å². The van der Waals surface area contributed by atoms with Gasteiger partial charge in [-0.05, 0) is 73.9 Å². The summed E-state index contributed by atoms with van der Waals surface area (Å²) < 4.78 is 45.2. The SMILES string of the molecule is Cc1cc2cc(C(=O)N(Cc3ccc(C(F)(F)F)cn3)C3COc4c3ccc(C)c4C)ccc2nc1N. The first-order chi connectivity index (χ1) is 17.5. The van der Waals surface area contributed by atoms with Gasteiger partial charge < -0.3 is 15.4 Å². The molecule has 9 heteroatoms. The van der Waals surface area contributed by atoms with Gasteiger partial charge in [-0.3, -0.25) is 9.78 Å². The zero-order chi connectivity index (χ0) is 26.5. The maximum Gasteiger partial charge on any atom is 0.417 e. The summed E-state index contributed by atoms with van der Waals surface area (Å²) in [5.41, 5.74) is 10.2. The van der Waals surface area contributed by atoms with E-state index in [1.807, 2.05) is 39.0 Å². The summed E-state index contributed by atoms with van der Waals surface area (Å²) in [6.45, 7) is 6.03. The highest BCUT2D eigenvalue weighted by Crippen LogP contribution is 2.41. The fourth-order valence-corrected chi connectivity index (χ4v) is 4.55. The summed E-state index contributed by atoms with van der Waals surface area (Å²) in [6, 6.07) is 12.8. The smallest absolute Gasteiger partial charge is 0.417 e. The lowest BCUT2D eigenvalue weighted by Crippen LogP contribution is -2.35. The molecule has 0 bridgehead atoms. The molecule has 1 unspecified atom stereocenters. The Morgan fingerprint density at radius 2 is 1.86 bits per heavy atom. The summed E-state index contributed by atoms with van der Waals surface area (Å²) in [7, 11) is 0. The summed E-state index contributed by atoms with van der Waals surface area (Å²) >= 11 is 0. The van der Waals surface area contributed by atoms with Gasteiger partial charge in [0.25, 0.3) is 5.91 Å². The molecule has 0 saturated heterocycles. The fraction of sp³-hybridized carbons (Fsp3) is 0.250. The number of carbonyl (C=O) groups excluding carboxylic acids is 1. The molecule has 0 fully saturated rings. The monoisotopic (exact) mass is 506 g/mol. The standard InChI is InChI=1S/C28H25F3N4O2/c1-15-4-8-22-24(14-37-25(22)17(15)3)35(13-21-7-6-20(12-33-21)28(29,30)31)27(36)18-5-9-23-19(11-18)10-16(2)26(32)34-23/h4-12,24H,13-14H2,1-3H3,(H2,32,34). The molecule has 1 amide bonds. The van der Waals surface area contributed by atoms with Gasteiger partial charge >= 0.3 is 6.18 Å². The summed E-state index contributed by atoms with van der Waals surface area (Å²) in [6.07, 6.45) is -3.70. The number of carbonyl (C=O) groups is 1. The second-order valence-corrected chi connectivity index (χ2v) is 9.32. The normalized spacial score (nSPS) is 14.9. The molecular weight excluding hydrogens is 481 g/mol. The van der Waals surface area contributed by atoms with Crippen molar-refractivity contribution in [2.24, 2.45) is 0 Å². The van der Waals surface area contributed by atoms with Crippen LogP contribution in [-0.4, -0.2) is 27.4 Å². The Balaban J connectivity index is 1.55. The molecule has 2 N–H and O–H groups in total. The number of nitrogen functional groups attached to an aromatic ring is 1. The van der Waals surface area contributed by atoms with Crippen LogP contribution in [0.5, 0.6) is 5.75 Å². The minimum absolute atomic E-state index is 0.00835. The molecule has 0 saturated carbocycles. The van der Waals surface area contributed by atoms with Crippen LogP contribution in [0.25, 0.3) is 10.9 Å². The van der Waals surface area contributed by atoms with E-state index < -0.39 is 17.8 Å². The van der Waals surface area contributed by atoms with Gasteiger partial charge in [0.2, 0.25) is 0 Å². The average Bonchev–Trinajstić information content (AvgIpc) is 3.29. The average molecular weight is 507 g/mol. The van der Waals surface area contributed by atoms with Crippen LogP contribution in [0.15, 0.2) is 54.7 Å². The van der Waals surface area contributed by atoms with Crippen molar-refractivity contribution in [3.05, 3.63) is 93.8 Å². The number of amides is 1. The molecule has 190 valence electrons. The summed E-state index contributed by atoms with van der Waals surface area (Å²) in [4.78, 5) is 23.9. The van der Waals surface area contributed by atoms with Crippen molar-refractivity contribution in [3.63, 3.8) is 0 Å². The molecule has 0 aliphatic carbocycles. The lowest BCUT2D eigenvalue weighted by atomic mass is 9.99. The van der Waals surface area contributed by atoms with Crippen molar-refractivity contribution in [2.75, 3.05) is 12.3 Å². The largest absolute Gasteiger partial charge is 0.490 e. The number of anilines is 1. The van der Waals surface area contributed by atoms with Crippen LogP contribution >= 0.6 is 0 Å². The van der Waals surface area contributed by atoms with Crippen LogP contribution < -0.4 is 10.5 Å². The number of hydrogen-bond donors (Lipinski definition) is 1. The molecule has 2 aromatic heterocycles. The van der Waals surface area contributed by atoms with Crippen molar-refractivity contribution in [3.8, 4) is 5.75 Å². The number of alkyl halides is 3. The Kier molecular flexibility index (Phi) is 6.01. The number of halogens is 3. The van der Waals surface area contributed by atoms with Crippen molar-refractivity contribution < 1.29 is 22.7 Å². The highest BCUT2D eigenvalue weighted by Gasteiger charge is 2.35. The lowest BCUT2D eigenvalue weighted by Gasteiger charge is -2.28. The second kappa shape index (κ2) is 9.06. The summed E-state index contributed by atoms with van der Waals surface area (Å²) in [5.74, 6) is 0.863. The first kappa shape index (κ1) is 24.5. The van der Waals surface area contributed by atoms with E-state index in [0.29, 0.717) is 22.6 Å². The molecule has 37 heavy (non-hydrogen) atoms. The topological polar surface area (TPSA) is 81.3 Å². The minimum Gasteiger partial charge on any atom is -0.490 e. The molecule has 0 radical (unpaired) electrons. The van der Waals surface area contributed by atoms with E-state index in [9.17, 15) is 18.0 Å². The van der Waals surface area contributed by atoms with Crippen molar-refractivity contribution in [1.29, 1.82) is 0 Å². The van der Waals surface area contributed by atoms with Gasteiger partial charge in [-0.1, -0.05) is 12.1 Å². The fourth-order valence-electron chi connectivity index (χ4n) is 4.55. The molecule has 1 aliphatic rings. The predicted octanol–water partition coefficient (Wildman–Crippen LogP) is 5.93. The van der Waals surface area contributed by atoms with Gasteiger partial charge in [-0.25, -0.2) is 4.98 Å². The van der Waals surface area contributed by atoms with E-state index in [1.54, 1.807) is 23.1 Å². The van der Waals surface area contributed by atoms with Gasteiger partial charge in [-0.15, -0.1) is 0 Å². The van der Waals surface area contributed by atoms with Gasteiger partial charge in [0.1, 0.15) is 18.2 Å². The number of nitrogens with two attached hydrogens (primary N) is 1. The Labute approximate surface area is 211 Å². The number of pyridine rings is 2. The Morgan fingerprint density at radius 1 is 1.08 bits per heavy atom. The number of aromatic nitrogens is 2. The van der Waals surface area contributed by atoms with Gasteiger partial charge in [0, 0.05) is 22.7 Å². The third-order valence-electron chi connectivity index (χ3n) is 6.86. The number of fused-ring (bicyclic) bond motifs is 2. The van der Waals surface area contributed by atoms with E-state index in [4.69, 9.17) is 10.5 Å². The highest BCUT2D eigenvalue weighted by molar-refractivity contribution is 5.98. The third-order valence-corrected chi connectivity index (χ3v) is 6.86. The maximum absolute atomic E-state index is 13.9. The highest BCUT2D eigenvalue weighted by atomic mass is 19.4. The van der Waals surface area contributed by atoms with E-state index in [1.165, 1.54) is 6.07 Å². The van der Waals surface area contributed by atoms with Crippen LogP contribution in [-0.2, 0) is 12.7 Å². The molecule has 1 aliphatic heterocycles. The Hall–Kier alpha value is -4.14. The van der Waals surface area contributed by atoms with Crippen LogP contribution in [0.2, 0.25) is 0 Å². The molecule has 0 spiro atoms. The van der Waals surface area contributed by atoms with Crippen LogP contribution in [0.3, 0.4) is 0 Å². The number of aryl methyl sites for hydroxylation is 2. The van der Waals surface area contributed by atoms with Crippen molar-refractivity contribution >= 4 is 22.6 Å². The molecular formula is C28H25F3N4O2. The number of benzene rings is 2. The van der Waals surface area contributed by atoms with Gasteiger partial charge in [0.15, 0.2) is 0 Å². The van der Waals surface area contributed by atoms with Crippen LogP contribution in [0.1, 0.15) is 49.9 Å². The van der Waals surface area contributed by atoms with E-state index in [0.717, 1.165) is 45.7 Å². The molecule has 4 aromatic rings. The number of nitrogens with zero attached hydrogens (tertiary/aromatic N) is 3. The molecule has 1 atom stereocenters. The quantitative estimate of drug-likeness (QED) is 0.371. The molecule has 6 nitrogen and oxygen atoms in total. The zero-order valence-electron chi connectivity index (χ0n) is 20.6. The van der Waals surface area contributed by atoms with Crippen molar-refractivity contribution in [2.45, 2.75) is 39.5 Å². The molecule has 5 rings (SSSR count). The first-order valence-electron chi connectivity index (χ1n) is 11.8. The van der Waals surface area contributed by atoms with Gasteiger partial charge in [-0.2, -0.15) is 13.2 Å². The predicted molar refractivity (Wildman–Crippen MR) is 134 cm³/mol. The molecule has 2 aromatic carbocycles. The van der Waals surface area contributed by atoms with E-state index >= 15 is 0 Å². The summed E-state index contributed by atoms with van der Waals surface area (Å²) in [5, 5.41) is 0.764. The van der Waals surface area contributed by atoms with Crippen molar-refractivity contribution in [1.82, 2.24) is 14.9 Å². The first-order valence-corrected chi connectivity index (χ1v) is 11.8. The lowest BCUT2D eigenvalue weighted by molar-refractivity contribution is -0.137. The van der Waals surface area contributed by atoms with E-state index in [2.05, 4.69) is 9.97 Å². The number of rotatable bonds is 4. The molecule has 3 heterocycles. The Bertz CT molecular complexity index is 1520. The minimum atomic E-state index is -4.49.